The van der Waals surface area contributed by atoms with Crippen LogP contribution in [0.25, 0.3) is 0 Å². The van der Waals surface area contributed by atoms with Gasteiger partial charge in [-0.2, -0.15) is 0 Å². The molecule has 3 heterocycles. The lowest BCUT2D eigenvalue weighted by atomic mass is 9.81. The van der Waals surface area contributed by atoms with Crippen molar-refractivity contribution in [3.8, 4) is 0 Å². The monoisotopic (exact) mass is 305 g/mol. The molecule has 120 valence electrons. The van der Waals surface area contributed by atoms with Crippen molar-refractivity contribution in [1.29, 1.82) is 0 Å². The lowest BCUT2D eigenvalue weighted by molar-refractivity contribution is 0.0828. The smallest absolute Gasteiger partial charge is 0.256 e. The van der Waals surface area contributed by atoms with Crippen LogP contribution in [0.2, 0.25) is 0 Å². The van der Waals surface area contributed by atoms with Gasteiger partial charge in [-0.1, -0.05) is 11.6 Å². The molecule has 0 spiro atoms. The van der Waals surface area contributed by atoms with Crippen LogP contribution in [0.4, 0.5) is 0 Å². The van der Waals surface area contributed by atoms with Crippen molar-refractivity contribution in [2.24, 2.45) is 11.3 Å². The van der Waals surface area contributed by atoms with Gasteiger partial charge in [-0.3, -0.25) is 9.69 Å². The normalized spacial score (nSPS) is 32.0. The van der Waals surface area contributed by atoms with Crippen molar-refractivity contribution < 1.29 is 14.1 Å². The number of rotatable bonds is 4. The van der Waals surface area contributed by atoms with Crippen LogP contribution < -0.4 is 5.32 Å². The number of amides is 1. The average molecular weight is 305 g/mol. The third-order valence-electron chi connectivity index (χ3n) is 5.73. The number of hydrogen-bond acceptors (Lipinski definition) is 5. The number of nitrogens with zero attached hydrogens (tertiary/aromatic N) is 2. The second-order valence-corrected chi connectivity index (χ2v) is 7.07. The molecule has 1 aliphatic carbocycles. The number of likely N-dealkylation sites (tertiary alicyclic amines) is 1. The van der Waals surface area contributed by atoms with Crippen LogP contribution in [0, 0.1) is 18.3 Å². The number of aromatic nitrogens is 1. The summed E-state index contributed by atoms with van der Waals surface area (Å²) in [6, 6.07) is 0.762. The molecule has 1 amide bonds. The molecular formula is C16H23N3O3. The van der Waals surface area contributed by atoms with E-state index in [1.807, 2.05) is 0 Å². The summed E-state index contributed by atoms with van der Waals surface area (Å²) in [6.07, 6.45) is 5.50. The number of carbonyl (C=O) groups excluding carboxylic acids is 1. The van der Waals surface area contributed by atoms with Crippen molar-refractivity contribution >= 4 is 5.91 Å². The number of aryl methyl sites for hydroxylation is 1. The molecule has 2 atom stereocenters. The van der Waals surface area contributed by atoms with E-state index in [4.69, 9.17) is 9.26 Å². The summed E-state index contributed by atoms with van der Waals surface area (Å²) in [5.41, 5.74) is 0.608. The molecule has 0 radical (unpaired) electrons. The molecule has 1 saturated carbocycles. The Hall–Kier alpha value is -1.40. The first kappa shape index (κ1) is 14.2. The van der Waals surface area contributed by atoms with Crippen molar-refractivity contribution in [1.82, 2.24) is 15.4 Å². The Bertz CT molecular complexity index is 569. The van der Waals surface area contributed by atoms with Crippen molar-refractivity contribution in [3.05, 3.63) is 17.5 Å². The van der Waals surface area contributed by atoms with Crippen LogP contribution in [0.15, 0.2) is 10.7 Å². The van der Waals surface area contributed by atoms with E-state index in [9.17, 15) is 4.79 Å². The zero-order valence-electron chi connectivity index (χ0n) is 13.0. The summed E-state index contributed by atoms with van der Waals surface area (Å²) in [4.78, 5) is 14.9. The van der Waals surface area contributed by atoms with Crippen molar-refractivity contribution in [2.45, 2.75) is 32.2 Å². The molecule has 6 heteroatoms. The molecule has 2 aliphatic heterocycles. The minimum atomic E-state index is -0.0964. The Morgan fingerprint density at radius 1 is 1.55 bits per heavy atom. The van der Waals surface area contributed by atoms with Gasteiger partial charge in [0, 0.05) is 37.0 Å². The van der Waals surface area contributed by atoms with E-state index in [0.717, 1.165) is 32.3 Å². The standard InChI is InChI=1S/C16H23N3O3/c1-11-14(5-18-22-11)15(20)17-8-16-9-19(13-3-2-4-13)6-12(16)7-21-10-16/h5,12-13H,2-4,6-10H2,1H3,(H,17,20)/t12-,16+/m1/s1. The second kappa shape index (κ2) is 5.35. The fraction of sp³-hybridized carbons (Fsp3) is 0.750. The van der Waals surface area contributed by atoms with E-state index >= 15 is 0 Å². The lowest BCUT2D eigenvalue weighted by Gasteiger charge is -2.36. The second-order valence-electron chi connectivity index (χ2n) is 7.07. The van der Waals surface area contributed by atoms with Crippen LogP contribution in [-0.4, -0.2) is 54.9 Å². The number of nitrogens with one attached hydrogen (secondary N) is 1. The summed E-state index contributed by atoms with van der Waals surface area (Å²) in [5.74, 6) is 1.01. The van der Waals surface area contributed by atoms with Crippen molar-refractivity contribution in [2.75, 3.05) is 32.8 Å². The Labute approximate surface area is 130 Å². The molecule has 1 N–H and O–H groups in total. The Morgan fingerprint density at radius 3 is 3.09 bits per heavy atom. The number of ether oxygens (including phenoxy) is 1. The minimum Gasteiger partial charge on any atom is -0.380 e. The molecule has 3 aliphatic rings. The fourth-order valence-corrected chi connectivity index (χ4v) is 4.02. The molecule has 4 rings (SSSR count). The molecule has 3 fully saturated rings. The third-order valence-corrected chi connectivity index (χ3v) is 5.73. The highest BCUT2D eigenvalue weighted by Gasteiger charge is 2.52. The van der Waals surface area contributed by atoms with Crippen LogP contribution in [0.1, 0.15) is 35.4 Å². The van der Waals surface area contributed by atoms with Gasteiger partial charge in [0.25, 0.3) is 5.91 Å². The van der Waals surface area contributed by atoms with Gasteiger partial charge in [-0.25, -0.2) is 0 Å². The molecule has 1 aromatic heterocycles. The molecular weight excluding hydrogens is 282 g/mol. The Morgan fingerprint density at radius 2 is 2.41 bits per heavy atom. The fourth-order valence-electron chi connectivity index (χ4n) is 4.02. The van der Waals surface area contributed by atoms with E-state index in [0.29, 0.717) is 23.8 Å². The number of hydrogen-bond donors (Lipinski definition) is 1. The van der Waals surface area contributed by atoms with Gasteiger partial charge >= 0.3 is 0 Å². The number of fused-ring (bicyclic) bond motifs is 1. The highest BCUT2D eigenvalue weighted by Crippen LogP contribution is 2.43. The lowest BCUT2D eigenvalue weighted by Crippen LogP contribution is -2.45. The molecule has 0 unspecified atom stereocenters. The van der Waals surface area contributed by atoms with Crippen LogP contribution in [0.3, 0.4) is 0 Å². The van der Waals surface area contributed by atoms with Gasteiger partial charge in [-0.15, -0.1) is 0 Å². The summed E-state index contributed by atoms with van der Waals surface area (Å²) < 4.78 is 10.7. The Balaban J connectivity index is 1.42. The first-order valence-electron chi connectivity index (χ1n) is 8.19. The maximum atomic E-state index is 12.3. The highest BCUT2D eigenvalue weighted by atomic mass is 16.5. The topological polar surface area (TPSA) is 67.6 Å². The quantitative estimate of drug-likeness (QED) is 0.906. The Kier molecular flexibility index (Phi) is 3.46. The van der Waals surface area contributed by atoms with Gasteiger partial charge in [0.05, 0.1) is 19.4 Å². The van der Waals surface area contributed by atoms with Gasteiger partial charge < -0.3 is 14.6 Å². The SMILES string of the molecule is Cc1oncc1C(=O)NC[C@]12COC[C@H]1CN(C1CCC1)C2. The molecule has 6 nitrogen and oxygen atoms in total. The summed E-state index contributed by atoms with van der Waals surface area (Å²) in [7, 11) is 0. The van der Waals surface area contributed by atoms with Gasteiger partial charge in [0.15, 0.2) is 0 Å². The predicted molar refractivity (Wildman–Crippen MR) is 79.5 cm³/mol. The van der Waals surface area contributed by atoms with E-state index in [-0.39, 0.29) is 11.3 Å². The maximum absolute atomic E-state index is 12.3. The van der Waals surface area contributed by atoms with Crippen LogP contribution in [-0.2, 0) is 4.74 Å². The molecule has 0 aromatic carbocycles. The van der Waals surface area contributed by atoms with Gasteiger partial charge in [0.2, 0.25) is 0 Å². The minimum absolute atomic E-state index is 0.0797. The zero-order valence-corrected chi connectivity index (χ0v) is 13.0. The first-order valence-corrected chi connectivity index (χ1v) is 8.19. The van der Waals surface area contributed by atoms with E-state index < -0.39 is 0 Å². The van der Waals surface area contributed by atoms with E-state index in [1.54, 1.807) is 6.92 Å². The maximum Gasteiger partial charge on any atom is 0.256 e. The van der Waals surface area contributed by atoms with E-state index in [1.165, 1.54) is 25.5 Å². The van der Waals surface area contributed by atoms with Gasteiger partial charge in [0.1, 0.15) is 11.3 Å². The van der Waals surface area contributed by atoms with Crippen LogP contribution in [0.5, 0.6) is 0 Å². The summed E-state index contributed by atoms with van der Waals surface area (Å²) in [6.45, 7) is 6.17. The summed E-state index contributed by atoms with van der Waals surface area (Å²) >= 11 is 0. The average Bonchev–Trinajstić information content (AvgIpc) is 3.08. The molecule has 1 aromatic rings. The highest BCUT2D eigenvalue weighted by molar-refractivity contribution is 5.94. The van der Waals surface area contributed by atoms with E-state index in [2.05, 4.69) is 15.4 Å². The third kappa shape index (κ3) is 2.25. The largest absolute Gasteiger partial charge is 0.380 e. The summed E-state index contributed by atoms with van der Waals surface area (Å²) in [5, 5.41) is 6.75. The predicted octanol–water partition coefficient (Wildman–Crippen LogP) is 1.21. The number of carbonyl (C=O) groups is 1. The molecule has 22 heavy (non-hydrogen) atoms. The zero-order chi connectivity index (χ0) is 15.2. The van der Waals surface area contributed by atoms with Crippen LogP contribution >= 0.6 is 0 Å². The van der Waals surface area contributed by atoms with Gasteiger partial charge in [-0.05, 0) is 19.8 Å². The van der Waals surface area contributed by atoms with Crippen molar-refractivity contribution in [3.63, 3.8) is 0 Å². The molecule has 2 saturated heterocycles. The molecule has 0 bridgehead atoms. The first-order chi connectivity index (χ1) is 10.7.